The summed E-state index contributed by atoms with van der Waals surface area (Å²) in [5.74, 6) is 0.763. The van der Waals surface area contributed by atoms with Gasteiger partial charge in [-0.2, -0.15) is 0 Å². The first-order chi connectivity index (χ1) is 17.9. The molecule has 4 nitrogen and oxygen atoms in total. The number of fused-ring (bicyclic) bond motifs is 1. The molecule has 0 fully saturated rings. The van der Waals surface area contributed by atoms with Crippen LogP contribution in [0.15, 0.2) is 77.3 Å². The predicted molar refractivity (Wildman–Crippen MR) is 154 cm³/mol. The summed E-state index contributed by atoms with van der Waals surface area (Å²) < 4.78 is 26.8. The number of ether oxygens (including phenoxy) is 2. The van der Waals surface area contributed by atoms with Crippen LogP contribution in [0.4, 0.5) is 10.1 Å². The molecule has 1 aromatic heterocycles. The fourth-order valence-electron chi connectivity index (χ4n) is 3.89. The summed E-state index contributed by atoms with van der Waals surface area (Å²) in [4.78, 5) is 4.77. The monoisotopic (exact) mass is 596 g/mol. The lowest BCUT2D eigenvalue weighted by Gasteiger charge is -2.16. The number of rotatable bonds is 8. The van der Waals surface area contributed by atoms with Crippen molar-refractivity contribution < 1.29 is 13.9 Å². The van der Waals surface area contributed by atoms with Gasteiger partial charge in [-0.25, -0.2) is 9.37 Å². The van der Waals surface area contributed by atoms with Gasteiger partial charge in [0, 0.05) is 23.4 Å². The Morgan fingerprint density at radius 3 is 2.59 bits per heavy atom. The number of anilines is 1. The number of halogens is 3. The number of aryl methyl sites for hydroxylation is 1. The van der Waals surface area contributed by atoms with E-state index in [4.69, 9.17) is 26.1 Å². The Bertz CT molecular complexity index is 1570. The zero-order chi connectivity index (χ0) is 25.9. The molecule has 8 heteroatoms. The Morgan fingerprint density at radius 1 is 1.03 bits per heavy atom. The molecular formula is C29H23BrClFN2O2S. The quantitative estimate of drug-likeness (QED) is 0.194. The molecule has 1 N–H and O–H groups in total. The summed E-state index contributed by atoms with van der Waals surface area (Å²) in [5.41, 5.74) is 6.07. The van der Waals surface area contributed by atoms with Gasteiger partial charge in [0.25, 0.3) is 0 Å². The van der Waals surface area contributed by atoms with Crippen molar-refractivity contribution in [1.82, 2.24) is 4.98 Å². The molecule has 0 aliphatic carbocycles. The van der Waals surface area contributed by atoms with Gasteiger partial charge in [-0.05, 0) is 94.6 Å². The van der Waals surface area contributed by atoms with Crippen LogP contribution in [0, 0.1) is 12.7 Å². The molecule has 5 aromatic rings. The molecule has 0 bridgehead atoms. The summed E-state index contributed by atoms with van der Waals surface area (Å²) >= 11 is 11.4. The summed E-state index contributed by atoms with van der Waals surface area (Å²) in [6.07, 6.45) is 0. The predicted octanol–water partition coefficient (Wildman–Crippen LogP) is 9.03. The second-order valence-corrected chi connectivity index (χ2v) is 10.8. The number of hydrogen-bond donors (Lipinski definition) is 1. The Kier molecular flexibility index (Phi) is 7.65. The van der Waals surface area contributed by atoms with Crippen LogP contribution in [0.1, 0.15) is 16.7 Å². The maximum absolute atomic E-state index is 13.3. The third-order valence-corrected chi connectivity index (χ3v) is 7.86. The van der Waals surface area contributed by atoms with Crippen LogP contribution in [-0.4, -0.2) is 12.1 Å². The van der Waals surface area contributed by atoms with Crippen LogP contribution in [0.3, 0.4) is 0 Å². The summed E-state index contributed by atoms with van der Waals surface area (Å²) in [5, 5.41) is 4.79. The van der Waals surface area contributed by atoms with Crippen molar-refractivity contribution in [3.63, 3.8) is 0 Å². The molecule has 0 aliphatic rings. The van der Waals surface area contributed by atoms with Gasteiger partial charge in [0.15, 0.2) is 11.5 Å². The molecule has 0 amide bonds. The highest BCUT2D eigenvalue weighted by molar-refractivity contribution is 9.10. The number of nitrogens with one attached hydrogen (secondary N) is 1. The SMILES string of the molecule is COc1cc(CNc2ccc(-c3nc4ccc(C)cc4s3)cc2)cc(Br)c1OCc1ccc(F)cc1Cl. The number of methoxy groups -OCH3 is 1. The number of aromatic nitrogens is 1. The minimum atomic E-state index is -0.383. The Balaban J connectivity index is 1.25. The lowest BCUT2D eigenvalue weighted by atomic mass is 10.1. The van der Waals surface area contributed by atoms with Gasteiger partial charge >= 0.3 is 0 Å². The number of benzene rings is 4. The zero-order valence-electron chi connectivity index (χ0n) is 20.1. The van der Waals surface area contributed by atoms with Crippen molar-refractivity contribution in [1.29, 1.82) is 0 Å². The largest absolute Gasteiger partial charge is 0.493 e. The molecule has 0 unspecified atom stereocenters. The average Bonchev–Trinajstić information content (AvgIpc) is 3.31. The third-order valence-electron chi connectivity index (χ3n) is 5.85. The van der Waals surface area contributed by atoms with Crippen LogP contribution >= 0.6 is 38.9 Å². The van der Waals surface area contributed by atoms with Crippen molar-refractivity contribution in [3.05, 3.63) is 105 Å². The number of nitrogens with zero attached hydrogens (tertiary/aromatic N) is 1. The maximum atomic E-state index is 13.3. The number of thiazole rings is 1. The fourth-order valence-corrected chi connectivity index (χ4v) is 5.79. The molecular weight excluding hydrogens is 575 g/mol. The molecule has 4 aromatic carbocycles. The van der Waals surface area contributed by atoms with Crippen molar-refractivity contribution >= 4 is 54.8 Å². The second-order valence-electron chi connectivity index (χ2n) is 8.55. The van der Waals surface area contributed by atoms with E-state index in [1.165, 1.54) is 22.4 Å². The zero-order valence-corrected chi connectivity index (χ0v) is 23.3. The highest BCUT2D eigenvalue weighted by Crippen LogP contribution is 2.38. The van der Waals surface area contributed by atoms with Gasteiger partial charge in [-0.1, -0.05) is 23.7 Å². The van der Waals surface area contributed by atoms with Crippen LogP contribution < -0.4 is 14.8 Å². The van der Waals surface area contributed by atoms with E-state index in [9.17, 15) is 4.39 Å². The second kappa shape index (κ2) is 11.1. The molecule has 188 valence electrons. The third kappa shape index (κ3) is 5.90. The van der Waals surface area contributed by atoms with E-state index in [1.54, 1.807) is 24.5 Å². The Hall–Kier alpha value is -3.13. The fraction of sp³-hybridized carbons (Fsp3) is 0.138. The van der Waals surface area contributed by atoms with Crippen molar-refractivity contribution in [2.45, 2.75) is 20.1 Å². The van der Waals surface area contributed by atoms with Crippen molar-refractivity contribution in [3.8, 4) is 22.1 Å². The van der Waals surface area contributed by atoms with Gasteiger partial charge in [0.05, 0.1) is 26.8 Å². The highest BCUT2D eigenvalue weighted by atomic mass is 79.9. The topological polar surface area (TPSA) is 43.4 Å². The summed E-state index contributed by atoms with van der Waals surface area (Å²) in [6, 6.07) is 22.8. The first kappa shape index (κ1) is 25.5. The molecule has 1 heterocycles. The van der Waals surface area contributed by atoms with Crippen LogP contribution in [0.2, 0.25) is 5.02 Å². The highest BCUT2D eigenvalue weighted by Gasteiger charge is 2.14. The van der Waals surface area contributed by atoms with Crippen LogP contribution in [-0.2, 0) is 13.2 Å². The molecule has 0 aliphatic heterocycles. The molecule has 5 rings (SSSR count). The molecule has 0 saturated carbocycles. The van der Waals surface area contributed by atoms with E-state index in [0.717, 1.165) is 31.8 Å². The Labute approximate surface area is 232 Å². The molecule has 0 saturated heterocycles. The smallest absolute Gasteiger partial charge is 0.175 e. The minimum Gasteiger partial charge on any atom is -0.493 e. The van der Waals surface area contributed by atoms with E-state index < -0.39 is 0 Å². The van der Waals surface area contributed by atoms with Gasteiger partial charge in [0.2, 0.25) is 0 Å². The summed E-state index contributed by atoms with van der Waals surface area (Å²) in [7, 11) is 1.60. The standard InChI is InChI=1S/C29H23BrClFN2O2S/c1-17-3-10-25-27(11-17)37-29(34-25)19-5-8-22(9-6-19)33-15-18-12-23(30)28(26(13-18)35-2)36-16-20-4-7-21(32)14-24(20)31/h3-14,33H,15-16H2,1-2H3. The van der Waals surface area contributed by atoms with E-state index >= 15 is 0 Å². The molecule has 0 spiro atoms. The van der Waals surface area contributed by atoms with Gasteiger partial charge in [-0.3, -0.25) is 0 Å². The van der Waals surface area contributed by atoms with Crippen LogP contribution in [0.25, 0.3) is 20.8 Å². The molecule has 37 heavy (non-hydrogen) atoms. The lowest BCUT2D eigenvalue weighted by molar-refractivity contribution is 0.282. The van der Waals surface area contributed by atoms with Gasteiger partial charge in [0.1, 0.15) is 17.4 Å². The molecule has 0 radical (unpaired) electrons. The van der Waals surface area contributed by atoms with E-state index in [1.807, 2.05) is 12.1 Å². The van der Waals surface area contributed by atoms with Gasteiger partial charge < -0.3 is 14.8 Å². The minimum absolute atomic E-state index is 0.187. The van der Waals surface area contributed by atoms with E-state index in [-0.39, 0.29) is 12.4 Å². The first-order valence-corrected chi connectivity index (χ1v) is 13.5. The Morgan fingerprint density at radius 2 is 1.84 bits per heavy atom. The normalized spacial score (nSPS) is 11.1. The van der Waals surface area contributed by atoms with E-state index in [0.29, 0.717) is 28.6 Å². The van der Waals surface area contributed by atoms with Crippen molar-refractivity contribution in [2.24, 2.45) is 0 Å². The molecule has 0 atom stereocenters. The van der Waals surface area contributed by atoms with Crippen LogP contribution in [0.5, 0.6) is 11.5 Å². The maximum Gasteiger partial charge on any atom is 0.175 e. The average molecular weight is 598 g/mol. The number of hydrogen-bond acceptors (Lipinski definition) is 5. The first-order valence-electron chi connectivity index (χ1n) is 11.5. The van der Waals surface area contributed by atoms with Crippen molar-refractivity contribution in [2.75, 3.05) is 12.4 Å². The summed E-state index contributed by atoms with van der Waals surface area (Å²) in [6.45, 7) is 2.88. The van der Waals surface area contributed by atoms with E-state index in [2.05, 4.69) is 70.6 Å². The van der Waals surface area contributed by atoms with Gasteiger partial charge in [-0.15, -0.1) is 11.3 Å². The lowest BCUT2D eigenvalue weighted by Crippen LogP contribution is -2.03.